The number of fused-ring (bicyclic) bond motifs is 6. The normalized spacial score (nSPS) is 13.4. The van der Waals surface area contributed by atoms with Gasteiger partial charge < -0.3 is 25.2 Å². The Hall–Kier alpha value is -5.71. The van der Waals surface area contributed by atoms with Gasteiger partial charge in [-0.25, -0.2) is 4.39 Å². The minimum absolute atomic E-state index is 0.0102. The van der Waals surface area contributed by atoms with E-state index in [0.29, 0.717) is 22.9 Å². The summed E-state index contributed by atoms with van der Waals surface area (Å²) in [6, 6.07) is 7.77. The van der Waals surface area contributed by atoms with Crippen LogP contribution < -0.4 is 10.3 Å². The van der Waals surface area contributed by atoms with Crippen LogP contribution in [0.25, 0.3) is 27.6 Å². The zero-order chi connectivity index (χ0) is 30.5. The van der Waals surface area contributed by atoms with Gasteiger partial charge in [0.05, 0.1) is 41.1 Å². The van der Waals surface area contributed by atoms with E-state index in [4.69, 9.17) is 4.74 Å². The first kappa shape index (κ1) is 26.2. The van der Waals surface area contributed by atoms with Crippen molar-refractivity contribution in [3.05, 3.63) is 97.7 Å². The number of carbonyl (C=O) groups excluding carboxylic acids is 2. The maximum atomic E-state index is 13.8. The van der Waals surface area contributed by atoms with Crippen LogP contribution in [0.15, 0.2) is 47.4 Å². The van der Waals surface area contributed by atoms with Gasteiger partial charge in [0.2, 0.25) is 5.78 Å². The maximum Gasteiger partial charge on any atom is 0.283 e. The van der Waals surface area contributed by atoms with Gasteiger partial charge in [-0.05, 0) is 61.7 Å². The Bertz CT molecular complexity index is 2180. The second kappa shape index (κ2) is 8.89. The molecule has 214 valence electrons. The summed E-state index contributed by atoms with van der Waals surface area (Å²) in [5.41, 5.74) is -0.735. The van der Waals surface area contributed by atoms with Gasteiger partial charge >= 0.3 is 0 Å². The molecule has 0 bridgehead atoms. The van der Waals surface area contributed by atoms with E-state index in [9.17, 15) is 39.2 Å². The molecule has 0 saturated heterocycles. The van der Waals surface area contributed by atoms with Gasteiger partial charge in [0.25, 0.3) is 5.56 Å². The van der Waals surface area contributed by atoms with Crippen molar-refractivity contribution < 1.29 is 39.1 Å². The number of aryl methyl sites for hydroxylation is 1. The largest absolute Gasteiger partial charge is 0.508 e. The molecule has 0 aliphatic heterocycles. The number of methoxy groups -OCH3 is 1. The Morgan fingerprint density at radius 1 is 0.837 bits per heavy atom. The lowest BCUT2D eigenvalue weighted by atomic mass is 9.75. The molecule has 0 atom stereocenters. The molecule has 2 aliphatic rings. The molecule has 0 amide bonds. The summed E-state index contributed by atoms with van der Waals surface area (Å²) in [6.45, 7) is 1.39. The van der Waals surface area contributed by atoms with Crippen LogP contribution in [0.5, 0.6) is 28.7 Å². The zero-order valence-electron chi connectivity index (χ0n) is 22.6. The quantitative estimate of drug-likeness (QED) is 0.235. The number of hydrogen-bond acceptors (Lipinski definition) is 9. The molecule has 0 fully saturated rings. The van der Waals surface area contributed by atoms with Crippen LogP contribution in [-0.2, 0) is 12.8 Å². The van der Waals surface area contributed by atoms with Crippen LogP contribution in [0.4, 0.5) is 4.39 Å². The standard InChI is InChI=1S/C32H21FN2O8/c1-12-19(36)10-18-23(26(12)37)30(41)25-24(27(18)38)29(40)22-17(31(25)43-2)8-3-13-9-14-11-34-35(16-6-4-15(33)5-7-16)32(42)21(14)28(39)20(13)22/h4-7,9-11,36-37,39-40H,3,8H2,1-2H3. The highest BCUT2D eigenvalue weighted by Crippen LogP contribution is 2.54. The number of ether oxygens (including phenoxy) is 1. The van der Waals surface area contributed by atoms with Crippen LogP contribution in [0, 0.1) is 12.7 Å². The summed E-state index contributed by atoms with van der Waals surface area (Å²) in [6.07, 6.45) is 1.95. The second-order valence-electron chi connectivity index (χ2n) is 10.5. The zero-order valence-corrected chi connectivity index (χ0v) is 22.6. The van der Waals surface area contributed by atoms with Gasteiger partial charge in [-0.1, -0.05) is 0 Å². The highest BCUT2D eigenvalue weighted by atomic mass is 19.1. The molecule has 1 aromatic heterocycles. The highest BCUT2D eigenvalue weighted by Gasteiger charge is 2.42. The van der Waals surface area contributed by atoms with Crippen molar-refractivity contribution >= 4 is 22.3 Å². The van der Waals surface area contributed by atoms with E-state index in [1.807, 2.05) is 0 Å². The van der Waals surface area contributed by atoms with E-state index < -0.39 is 51.5 Å². The molecule has 43 heavy (non-hydrogen) atoms. The average Bonchev–Trinajstić information content (AvgIpc) is 2.99. The fourth-order valence-corrected chi connectivity index (χ4v) is 6.21. The molecule has 1 heterocycles. The smallest absolute Gasteiger partial charge is 0.283 e. The molecule has 2 aliphatic carbocycles. The van der Waals surface area contributed by atoms with Gasteiger partial charge in [-0.15, -0.1) is 0 Å². The fourth-order valence-electron chi connectivity index (χ4n) is 6.21. The molecule has 0 spiro atoms. The number of halogens is 1. The fraction of sp³-hybridized carbons (Fsp3) is 0.125. The summed E-state index contributed by atoms with van der Waals surface area (Å²) < 4.78 is 20.2. The predicted octanol–water partition coefficient (Wildman–Crippen LogP) is 4.21. The van der Waals surface area contributed by atoms with Crippen molar-refractivity contribution in [2.24, 2.45) is 0 Å². The number of hydrogen-bond donors (Lipinski definition) is 4. The van der Waals surface area contributed by atoms with E-state index in [1.165, 1.54) is 44.5 Å². The lowest BCUT2D eigenvalue weighted by Gasteiger charge is -2.29. The van der Waals surface area contributed by atoms with E-state index in [2.05, 4.69) is 5.10 Å². The topological polar surface area (TPSA) is 159 Å². The molecule has 5 aromatic rings. The Balaban J connectivity index is 1.54. The first-order valence-corrected chi connectivity index (χ1v) is 13.2. The van der Waals surface area contributed by atoms with E-state index >= 15 is 0 Å². The van der Waals surface area contributed by atoms with Crippen LogP contribution in [0.2, 0.25) is 0 Å². The number of phenols is 4. The molecular formula is C32H21FN2O8. The number of carbonyl (C=O) groups is 2. The maximum absolute atomic E-state index is 13.8. The second-order valence-corrected chi connectivity index (χ2v) is 10.5. The third kappa shape index (κ3) is 3.38. The van der Waals surface area contributed by atoms with E-state index in [0.717, 1.165) is 10.7 Å². The number of ketones is 2. The first-order chi connectivity index (χ1) is 20.5. The SMILES string of the molecule is COc1c2c(c(O)c3c1C(=O)c1c(cc(O)c(C)c1O)C3=O)-c1c(cc3cnn(-c4ccc(F)cc4)c(=O)c3c1O)CC2. The average molecular weight is 581 g/mol. The van der Waals surface area contributed by atoms with Crippen molar-refractivity contribution in [2.45, 2.75) is 19.8 Å². The lowest BCUT2D eigenvalue weighted by molar-refractivity contribution is 0.0971. The molecule has 7 rings (SSSR count). The molecule has 4 N–H and O–H groups in total. The number of nitrogens with zero attached hydrogens (tertiary/aromatic N) is 2. The molecule has 10 nitrogen and oxygen atoms in total. The van der Waals surface area contributed by atoms with Crippen LogP contribution in [0.1, 0.15) is 48.5 Å². The minimum Gasteiger partial charge on any atom is -0.508 e. The van der Waals surface area contributed by atoms with Crippen molar-refractivity contribution in [1.82, 2.24) is 9.78 Å². The van der Waals surface area contributed by atoms with Crippen LogP contribution >= 0.6 is 0 Å². The molecule has 0 radical (unpaired) electrons. The minimum atomic E-state index is -0.843. The first-order valence-electron chi connectivity index (χ1n) is 13.2. The lowest BCUT2D eigenvalue weighted by Crippen LogP contribution is -2.24. The number of rotatable bonds is 2. The number of aromatic hydroxyl groups is 4. The highest BCUT2D eigenvalue weighted by molar-refractivity contribution is 6.32. The van der Waals surface area contributed by atoms with E-state index in [-0.39, 0.29) is 56.6 Å². The molecule has 4 aromatic carbocycles. The Morgan fingerprint density at radius 2 is 1.56 bits per heavy atom. The van der Waals surface area contributed by atoms with Crippen molar-refractivity contribution in [3.8, 4) is 45.6 Å². The predicted molar refractivity (Wildman–Crippen MR) is 151 cm³/mol. The molecule has 0 unspecified atom stereocenters. The summed E-state index contributed by atoms with van der Waals surface area (Å²) >= 11 is 0. The third-order valence-electron chi connectivity index (χ3n) is 8.28. The van der Waals surface area contributed by atoms with Gasteiger partial charge in [0.15, 0.2) is 5.78 Å². The monoisotopic (exact) mass is 580 g/mol. The molecular weight excluding hydrogens is 559 g/mol. The summed E-state index contributed by atoms with van der Waals surface area (Å²) in [7, 11) is 1.30. The summed E-state index contributed by atoms with van der Waals surface area (Å²) in [5.74, 6) is -4.20. The Morgan fingerprint density at radius 3 is 2.26 bits per heavy atom. The van der Waals surface area contributed by atoms with Crippen molar-refractivity contribution in [2.75, 3.05) is 7.11 Å². The van der Waals surface area contributed by atoms with Gasteiger partial charge in [0, 0.05) is 33.2 Å². The van der Waals surface area contributed by atoms with Crippen molar-refractivity contribution in [1.29, 1.82) is 0 Å². The Labute approximate surface area is 241 Å². The number of phenolic OH excluding ortho intramolecular Hbond substituents is 4. The van der Waals surface area contributed by atoms with Gasteiger partial charge in [0.1, 0.15) is 34.6 Å². The summed E-state index contributed by atoms with van der Waals surface area (Å²) in [4.78, 5) is 41.2. The Kier molecular flexibility index (Phi) is 5.42. The van der Waals surface area contributed by atoms with Crippen molar-refractivity contribution in [3.63, 3.8) is 0 Å². The van der Waals surface area contributed by atoms with Crippen LogP contribution in [-0.4, -0.2) is 48.9 Å². The van der Waals surface area contributed by atoms with Crippen LogP contribution in [0.3, 0.4) is 0 Å². The molecule has 11 heteroatoms. The van der Waals surface area contributed by atoms with Gasteiger partial charge in [-0.3, -0.25) is 14.4 Å². The summed E-state index contributed by atoms with van der Waals surface area (Å²) in [5, 5.41) is 48.7. The number of benzene rings is 4. The van der Waals surface area contributed by atoms with Gasteiger partial charge in [-0.2, -0.15) is 9.78 Å². The third-order valence-corrected chi connectivity index (χ3v) is 8.28. The van der Waals surface area contributed by atoms with E-state index in [1.54, 1.807) is 6.07 Å². The number of aromatic nitrogens is 2. The molecule has 0 saturated carbocycles.